The minimum atomic E-state index is -0.500. The molecule has 0 aliphatic rings. The first-order valence-corrected chi connectivity index (χ1v) is 11.9. The summed E-state index contributed by atoms with van der Waals surface area (Å²) in [5.74, 6) is -1.15. The molecule has 2 amide bonds. The summed E-state index contributed by atoms with van der Waals surface area (Å²) in [6.45, 7) is 0.772. The Morgan fingerprint density at radius 2 is 1.08 bits per heavy atom. The number of aromatic hydroxyl groups is 2. The highest BCUT2D eigenvalue weighted by molar-refractivity contribution is 6.39. The predicted octanol–water partition coefficient (Wildman–Crippen LogP) is 3.64. The van der Waals surface area contributed by atoms with E-state index in [9.17, 15) is 19.8 Å². The minimum Gasteiger partial charge on any atom is -0.506 e. The van der Waals surface area contributed by atoms with Crippen LogP contribution in [0.3, 0.4) is 0 Å². The normalized spacial score (nSPS) is 11.8. The lowest BCUT2D eigenvalue weighted by Gasteiger charge is -2.09. The van der Waals surface area contributed by atoms with Crippen LogP contribution in [0.1, 0.15) is 36.8 Å². The predicted molar refractivity (Wildman–Crippen MR) is 137 cm³/mol. The Kier molecular flexibility index (Phi) is 11.8. The quantitative estimate of drug-likeness (QED) is 0.0985. The second-order valence-electron chi connectivity index (χ2n) is 7.94. The van der Waals surface area contributed by atoms with E-state index >= 15 is 0 Å². The largest absolute Gasteiger partial charge is 0.506 e. The molecule has 0 fully saturated rings. The fourth-order valence-corrected chi connectivity index (χ4v) is 3.65. The van der Waals surface area contributed by atoms with Gasteiger partial charge < -0.3 is 31.3 Å². The maximum Gasteiger partial charge on any atom is 0.269 e. The van der Waals surface area contributed by atoms with Crippen LogP contribution in [-0.2, 0) is 22.4 Å². The molecule has 0 radical (unpaired) electrons. The summed E-state index contributed by atoms with van der Waals surface area (Å²) in [5, 5.41) is 49.0. The Morgan fingerprint density at radius 3 is 1.42 bits per heavy atom. The van der Waals surface area contributed by atoms with Crippen molar-refractivity contribution >= 4 is 46.4 Å². The van der Waals surface area contributed by atoms with Gasteiger partial charge in [-0.05, 0) is 48.2 Å². The Balaban J connectivity index is 1.62. The first-order chi connectivity index (χ1) is 17.2. The number of hydrogen-bond acceptors (Lipinski definition) is 8. The highest BCUT2D eigenvalue weighted by atomic mass is 35.5. The Bertz CT molecular complexity index is 1040. The van der Waals surface area contributed by atoms with Crippen molar-refractivity contribution in [1.82, 2.24) is 10.6 Å². The number of unbranched alkanes of at least 4 members (excludes halogenated alkanes) is 3. The number of oxime groups is 2. The molecule has 0 saturated carbocycles. The lowest BCUT2D eigenvalue weighted by Crippen LogP contribution is -2.33. The van der Waals surface area contributed by atoms with Gasteiger partial charge in [0.25, 0.3) is 11.8 Å². The van der Waals surface area contributed by atoms with Gasteiger partial charge in [0.2, 0.25) is 0 Å². The molecule has 0 aliphatic heterocycles. The van der Waals surface area contributed by atoms with Gasteiger partial charge in [-0.2, -0.15) is 0 Å². The van der Waals surface area contributed by atoms with E-state index in [0.717, 1.165) is 12.8 Å². The number of amides is 2. The molecule has 0 aromatic heterocycles. The van der Waals surface area contributed by atoms with Crippen molar-refractivity contribution in [1.29, 1.82) is 0 Å². The molecule has 0 saturated heterocycles. The summed E-state index contributed by atoms with van der Waals surface area (Å²) in [6, 6.07) is 8.94. The van der Waals surface area contributed by atoms with Crippen molar-refractivity contribution in [2.75, 3.05) is 13.1 Å². The fourth-order valence-electron chi connectivity index (χ4n) is 3.24. The number of benzene rings is 2. The van der Waals surface area contributed by atoms with Crippen LogP contribution in [0.25, 0.3) is 0 Å². The van der Waals surface area contributed by atoms with Crippen LogP contribution in [0.15, 0.2) is 46.7 Å². The second kappa shape index (κ2) is 14.8. The van der Waals surface area contributed by atoms with E-state index in [1.807, 2.05) is 0 Å². The third-order valence-corrected chi connectivity index (χ3v) is 5.81. The number of hydrogen-bond donors (Lipinski definition) is 6. The summed E-state index contributed by atoms with van der Waals surface area (Å²) < 4.78 is 0. The topological polar surface area (TPSA) is 164 Å². The molecule has 36 heavy (non-hydrogen) atoms. The molecular weight excluding hydrogens is 511 g/mol. The van der Waals surface area contributed by atoms with Crippen molar-refractivity contribution < 1.29 is 30.2 Å². The highest BCUT2D eigenvalue weighted by Gasteiger charge is 2.15. The zero-order valence-corrected chi connectivity index (χ0v) is 20.9. The third-order valence-electron chi connectivity index (χ3n) is 5.21. The van der Waals surface area contributed by atoms with E-state index in [1.54, 1.807) is 12.1 Å². The van der Waals surface area contributed by atoms with Crippen LogP contribution in [0, 0.1) is 0 Å². The summed E-state index contributed by atoms with van der Waals surface area (Å²) in [6.07, 6.45) is 3.08. The minimum absolute atomic E-state index is 0.0565. The average Bonchev–Trinajstić information content (AvgIpc) is 2.86. The third kappa shape index (κ3) is 9.27. The first kappa shape index (κ1) is 28.7. The molecule has 0 bridgehead atoms. The van der Waals surface area contributed by atoms with E-state index in [2.05, 4.69) is 20.9 Å². The van der Waals surface area contributed by atoms with Crippen molar-refractivity contribution in [3.05, 3.63) is 57.6 Å². The standard InChI is InChI=1S/C24H28Cl2N4O6/c25-17-11-15(5-7-21(17)31)13-19(29-35)23(33)27-9-3-1-2-4-10-28-24(34)20(30-36)14-16-6-8-22(32)18(26)12-16/h5-8,11-12,31-32,35-36H,1-4,9-10,13-14H2,(H,27,33)(H,28,34)/b29-19+,30-20+. The van der Waals surface area contributed by atoms with Crippen molar-refractivity contribution in [2.24, 2.45) is 10.3 Å². The fraction of sp³-hybridized carbons (Fsp3) is 0.333. The molecule has 2 rings (SSSR count). The number of nitrogens with one attached hydrogen (secondary N) is 2. The van der Waals surface area contributed by atoms with E-state index < -0.39 is 11.8 Å². The Labute approximate surface area is 218 Å². The van der Waals surface area contributed by atoms with Crippen molar-refractivity contribution in [3.8, 4) is 11.5 Å². The van der Waals surface area contributed by atoms with E-state index in [-0.39, 0.29) is 45.8 Å². The van der Waals surface area contributed by atoms with Crippen LogP contribution < -0.4 is 10.6 Å². The maximum atomic E-state index is 12.2. The summed E-state index contributed by atoms with van der Waals surface area (Å²) >= 11 is 11.7. The zero-order valence-electron chi connectivity index (χ0n) is 19.4. The number of nitrogens with zero attached hydrogens (tertiary/aromatic N) is 2. The molecule has 2 aromatic rings. The van der Waals surface area contributed by atoms with Gasteiger partial charge in [0, 0.05) is 25.9 Å². The van der Waals surface area contributed by atoms with Gasteiger partial charge >= 0.3 is 0 Å². The van der Waals surface area contributed by atoms with Crippen LogP contribution in [0.4, 0.5) is 0 Å². The molecule has 12 heteroatoms. The monoisotopic (exact) mass is 538 g/mol. The lowest BCUT2D eigenvalue weighted by atomic mass is 10.1. The van der Waals surface area contributed by atoms with E-state index in [4.69, 9.17) is 33.6 Å². The lowest BCUT2D eigenvalue weighted by molar-refractivity contribution is -0.115. The SMILES string of the molecule is O=C(NCCCCCCNC(=O)/C(Cc1ccc(O)c(Cl)c1)=N/O)/C(Cc1ccc(O)c(Cl)c1)=N/O. The number of carbonyl (C=O) groups is 2. The molecule has 2 aromatic carbocycles. The number of halogens is 2. The zero-order chi connectivity index (χ0) is 26.5. The van der Waals surface area contributed by atoms with Gasteiger partial charge in [0.15, 0.2) is 0 Å². The van der Waals surface area contributed by atoms with Gasteiger partial charge in [-0.25, -0.2) is 0 Å². The number of carbonyl (C=O) groups excluding carboxylic acids is 2. The van der Waals surface area contributed by atoms with Crippen LogP contribution >= 0.6 is 23.2 Å². The van der Waals surface area contributed by atoms with Crippen LogP contribution in [0.2, 0.25) is 10.0 Å². The van der Waals surface area contributed by atoms with Crippen LogP contribution in [0.5, 0.6) is 11.5 Å². The highest BCUT2D eigenvalue weighted by Crippen LogP contribution is 2.24. The van der Waals surface area contributed by atoms with E-state index in [1.165, 1.54) is 24.3 Å². The maximum absolute atomic E-state index is 12.2. The van der Waals surface area contributed by atoms with Gasteiger partial charge in [0.1, 0.15) is 22.9 Å². The molecule has 0 aliphatic carbocycles. The smallest absolute Gasteiger partial charge is 0.269 e. The van der Waals surface area contributed by atoms with Gasteiger partial charge in [0.05, 0.1) is 10.0 Å². The molecule has 194 valence electrons. The van der Waals surface area contributed by atoms with Gasteiger partial charge in [-0.1, -0.05) is 58.5 Å². The molecule has 0 heterocycles. The van der Waals surface area contributed by atoms with E-state index in [0.29, 0.717) is 37.1 Å². The van der Waals surface area contributed by atoms with Gasteiger partial charge in [-0.15, -0.1) is 0 Å². The number of phenolic OH excluding ortho intramolecular Hbond substituents is 2. The van der Waals surface area contributed by atoms with Crippen molar-refractivity contribution in [2.45, 2.75) is 38.5 Å². The van der Waals surface area contributed by atoms with Gasteiger partial charge in [-0.3, -0.25) is 9.59 Å². The van der Waals surface area contributed by atoms with Crippen LogP contribution in [-0.4, -0.2) is 57.0 Å². The molecule has 0 spiro atoms. The average molecular weight is 539 g/mol. The number of rotatable bonds is 13. The summed E-state index contributed by atoms with van der Waals surface area (Å²) in [7, 11) is 0. The summed E-state index contributed by atoms with van der Waals surface area (Å²) in [4.78, 5) is 24.4. The van der Waals surface area contributed by atoms with Crippen molar-refractivity contribution in [3.63, 3.8) is 0 Å². The molecule has 0 unspecified atom stereocenters. The Hall–Kier alpha value is -3.50. The summed E-state index contributed by atoms with van der Waals surface area (Å²) in [5.41, 5.74) is 1.08. The Morgan fingerprint density at radius 1 is 0.694 bits per heavy atom. The molecule has 0 atom stereocenters. The number of phenols is 2. The first-order valence-electron chi connectivity index (χ1n) is 11.2. The molecule has 10 nitrogen and oxygen atoms in total. The molecular formula is C24H28Cl2N4O6. The second-order valence-corrected chi connectivity index (χ2v) is 8.76. The molecule has 6 N–H and O–H groups in total.